The zero-order valence-corrected chi connectivity index (χ0v) is 20.3. The number of fused-ring (bicyclic) bond motifs is 1. The number of amides is 1. The van der Waals surface area contributed by atoms with Gasteiger partial charge in [0.15, 0.2) is 5.13 Å². The van der Waals surface area contributed by atoms with Gasteiger partial charge in [-0.15, -0.1) is 0 Å². The second-order valence-electron chi connectivity index (χ2n) is 8.03. The number of hydrogen-bond donors (Lipinski definition) is 1. The fraction of sp³-hybridized carbons (Fsp3) is 0.115. The molecule has 8 nitrogen and oxygen atoms in total. The molecule has 5 rings (SSSR count). The lowest BCUT2D eigenvalue weighted by atomic mass is 10.1. The quantitative estimate of drug-likeness (QED) is 0.355. The monoisotopic (exact) mass is 497 g/mol. The number of nitrogens with two attached hydrogens (primary N) is 1. The van der Waals surface area contributed by atoms with Crippen molar-refractivity contribution in [2.75, 3.05) is 11.9 Å². The third-order valence-electron chi connectivity index (χ3n) is 5.79. The van der Waals surface area contributed by atoms with Gasteiger partial charge in [0, 0.05) is 36.1 Å². The summed E-state index contributed by atoms with van der Waals surface area (Å²) in [6.07, 6.45) is 4.25. The molecule has 0 aliphatic heterocycles. The molecular weight excluding hydrogens is 477 g/mol. The van der Waals surface area contributed by atoms with Crippen molar-refractivity contribution in [1.29, 1.82) is 5.26 Å². The molecule has 0 bridgehead atoms. The summed E-state index contributed by atoms with van der Waals surface area (Å²) in [6, 6.07) is 15.4. The number of nitriles is 1. The maximum atomic E-state index is 13.4. The van der Waals surface area contributed by atoms with Crippen LogP contribution in [0.2, 0.25) is 0 Å². The molecule has 1 amide bonds. The van der Waals surface area contributed by atoms with Crippen LogP contribution in [0.5, 0.6) is 0 Å². The summed E-state index contributed by atoms with van der Waals surface area (Å²) in [5, 5.41) is 10.3. The number of carbonyl (C=O) groups excluding carboxylic acids is 1. The molecule has 0 aliphatic rings. The number of benzene rings is 1. The molecule has 4 heterocycles. The SMILES string of the molecule is CCc1nc2ccc(-c3ccc(C(N)=O)nc3)cn2c1N(C)c1nc(-c2ccc(F)cc2)c(C#N)s1. The molecule has 5 aromatic rings. The van der Waals surface area contributed by atoms with Crippen molar-refractivity contribution >= 4 is 33.8 Å². The van der Waals surface area contributed by atoms with E-state index in [0.29, 0.717) is 27.7 Å². The van der Waals surface area contributed by atoms with E-state index in [4.69, 9.17) is 15.7 Å². The average Bonchev–Trinajstić information content (AvgIpc) is 3.50. The highest BCUT2D eigenvalue weighted by atomic mass is 32.1. The van der Waals surface area contributed by atoms with Crippen molar-refractivity contribution in [2.24, 2.45) is 5.73 Å². The van der Waals surface area contributed by atoms with Crippen LogP contribution in [0.3, 0.4) is 0 Å². The fourth-order valence-electron chi connectivity index (χ4n) is 3.98. The minimum absolute atomic E-state index is 0.199. The Labute approximate surface area is 210 Å². The van der Waals surface area contributed by atoms with Gasteiger partial charge in [0.25, 0.3) is 5.91 Å². The van der Waals surface area contributed by atoms with E-state index in [0.717, 1.165) is 28.3 Å². The fourth-order valence-corrected chi connectivity index (χ4v) is 4.83. The minimum Gasteiger partial charge on any atom is -0.364 e. The molecule has 0 unspecified atom stereocenters. The smallest absolute Gasteiger partial charge is 0.267 e. The van der Waals surface area contributed by atoms with Gasteiger partial charge in [-0.2, -0.15) is 5.26 Å². The summed E-state index contributed by atoms with van der Waals surface area (Å²) in [4.78, 5) is 27.4. The van der Waals surface area contributed by atoms with E-state index >= 15 is 0 Å². The molecule has 0 saturated carbocycles. The predicted molar refractivity (Wildman–Crippen MR) is 137 cm³/mol. The van der Waals surface area contributed by atoms with Crippen LogP contribution in [0.4, 0.5) is 15.3 Å². The lowest BCUT2D eigenvalue weighted by Crippen LogP contribution is -2.13. The predicted octanol–water partition coefficient (Wildman–Crippen LogP) is 4.96. The van der Waals surface area contributed by atoms with Crippen LogP contribution in [0.15, 0.2) is 60.9 Å². The zero-order chi connectivity index (χ0) is 25.4. The van der Waals surface area contributed by atoms with Crippen LogP contribution < -0.4 is 10.6 Å². The van der Waals surface area contributed by atoms with Crippen molar-refractivity contribution in [3.05, 3.63) is 83.0 Å². The van der Waals surface area contributed by atoms with E-state index < -0.39 is 5.91 Å². The number of halogens is 1. The van der Waals surface area contributed by atoms with Gasteiger partial charge in [-0.3, -0.25) is 14.2 Å². The van der Waals surface area contributed by atoms with Crippen LogP contribution in [-0.2, 0) is 6.42 Å². The first-order valence-electron chi connectivity index (χ1n) is 11.1. The Morgan fingerprint density at radius 2 is 1.83 bits per heavy atom. The Kier molecular flexibility index (Phi) is 5.91. The van der Waals surface area contributed by atoms with Crippen molar-refractivity contribution in [2.45, 2.75) is 13.3 Å². The Morgan fingerprint density at radius 1 is 1.11 bits per heavy atom. The molecule has 36 heavy (non-hydrogen) atoms. The first-order chi connectivity index (χ1) is 17.4. The van der Waals surface area contributed by atoms with Crippen molar-refractivity contribution < 1.29 is 9.18 Å². The van der Waals surface area contributed by atoms with E-state index in [9.17, 15) is 14.4 Å². The molecule has 2 N–H and O–H groups in total. The number of primary amides is 1. The van der Waals surface area contributed by atoms with Gasteiger partial charge in [0.1, 0.15) is 39.6 Å². The van der Waals surface area contributed by atoms with Gasteiger partial charge in [-0.1, -0.05) is 24.3 Å². The van der Waals surface area contributed by atoms with E-state index in [1.807, 2.05) is 41.6 Å². The lowest BCUT2D eigenvalue weighted by molar-refractivity contribution is 0.0995. The maximum absolute atomic E-state index is 13.4. The second-order valence-corrected chi connectivity index (χ2v) is 9.01. The normalized spacial score (nSPS) is 10.9. The molecule has 4 aromatic heterocycles. The molecule has 1 aromatic carbocycles. The Bertz CT molecular complexity index is 1630. The van der Waals surface area contributed by atoms with Crippen molar-refractivity contribution in [3.63, 3.8) is 0 Å². The number of aryl methyl sites for hydroxylation is 1. The third kappa shape index (κ3) is 4.06. The first-order valence-corrected chi connectivity index (χ1v) is 11.9. The average molecular weight is 498 g/mol. The first kappa shape index (κ1) is 23.1. The summed E-state index contributed by atoms with van der Waals surface area (Å²) in [7, 11) is 1.88. The number of nitrogens with zero attached hydrogens (tertiary/aromatic N) is 6. The Balaban J connectivity index is 1.59. The van der Waals surface area contributed by atoms with Crippen molar-refractivity contribution in [3.8, 4) is 28.5 Å². The molecule has 0 saturated heterocycles. The number of aromatic nitrogens is 4. The summed E-state index contributed by atoms with van der Waals surface area (Å²) >= 11 is 1.26. The number of rotatable bonds is 6. The maximum Gasteiger partial charge on any atom is 0.267 e. The molecule has 0 fully saturated rings. The molecule has 0 atom stereocenters. The summed E-state index contributed by atoms with van der Waals surface area (Å²) in [5.74, 6) is -0.110. The van der Waals surface area contributed by atoms with E-state index in [-0.39, 0.29) is 11.5 Å². The molecule has 0 radical (unpaired) electrons. The Morgan fingerprint density at radius 3 is 2.47 bits per heavy atom. The highest BCUT2D eigenvalue weighted by molar-refractivity contribution is 7.16. The van der Waals surface area contributed by atoms with Gasteiger partial charge in [0.05, 0.1) is 5.69 Å². The number of hydrogen-bond acceptors (Lipinski definition) is 7. The van der Waals surface area contributed by atoms with E-state index in [1.54, 1.807) is 30.5 Å². The van der Waals surface area contributed by atoms with Crippen LogP contribution >= 0.6 is 11.3 Å². The molecule has 10 heteroatoms. The number of thiazole rings is 1. The lowest BCUT2D eigenvalue weighted by Gasteiger charge is -2.17. The van der Waals surface area contributed by atoms with Crippen LogP contribution in [0.25, 0.3) is 28.0 Å². The highest BCUT2D eigenvalue weighted by Crippen LogP contribution is 2.37. The molecule has 0 spiro atoms. The zero-order valence-electron chi connectivity index (χ0n) is 19.4. The van der Waals surface area contributed by atoms with Gasteiger partial charge in [0.2, 0.25) is 0 Å². The molecule has 178 valence electrons. The summed E-state index contributed by atoms with van der Waals surface area (Å²) < 4.78 is 15.4. The van der Waals surface area contributed by atoms with Crippen LogP contribution in [-0.4, -0.2) is 32.3 Å². The van der Waals surface area contributed by atoms with Gasteiger partial charge >= 0.3 is 0 Å². The molecule has 0 aliphatic carbocycles. The van der Waals surface area contributed by atoms with Gasteiger partial charge in [-0.05, 0) is 48.9 Å². The standard InChI is InChI=1S/C26H20FN7OS/c1-3-19-25(33(2)26-32-23(21(12-28)36-26)15-4-8-18(27)9-5-15)34-14-17(7-11-22(34)31-19)16-6-10-20(24(29)35)30-13-16/h4-11,13-14H,3H2,1-2H3,(H2,29,35). The van der Waals surface area contributed by atoms with Crippen LogP contribution in [0, 0.1) is 17.1 Å². The third-order valence-corrected chi connectivity index (χ3v) is 6.82. The summed E-state index contributed by atoms with van der Waals surface area (Å²) in [6.45, 7) is 2.03. The number of anilines is 2. The molecular formula is C26H20FN7OS. The number of pyridine rings is 2. The number of imidazole rings is 1. The van der Waals surface area contributed by atoms with Crippen LogP contribution in [0.1, 0.15) is 28.0 Å². The van der Waals surface area contributed by atoms with Gasteiger partial charge in [-0.25, -0.2) is 14.4 Å². The largest absolute Gasteiger partial charge is 0.364 e. The van der Waals surface area contributed by atoms with E-state index in [1.165, 1.54) is 23.5 Å². The second kappa shape index (κ2) is 9.20. The Hall–Kier alpha value is -4.62. The van der Waals surface area contributed by atoms with E-state index in [2.05, 4.69) is 11.1 Å². The minimum atomic E-state index is -0.580. The number of carbonyl (C=O) groups is 1. The highest BCUT2D eigenvalue weighted by Gasteiger charge is 2.22. The van der Waals surface area contributed by atoms with Gasteiger partial charge < -0.3 is 10.6 Å². The topological polar surface area (TPSA) is 113 Å². The summed E-state index contributed by atoms with van der Waals surface area (Å²) in [5.41, 5.74) is 10.0. The van der Waals surface area contributed by atoms with Crippen molar-refractivity contribution in [1.82, 2.24) is 19.4 Å².